The van der Waals surface area contributed by atoms with E-state index in [-0.39, 0.29) is 6.54 Å². The zero-order valence-corrected chi connectivity index (χ0v) is 8.78. The quantitative estimate of drug-likeness (QED) is 0.763. The second-order valence-corrected chi connectivity index (χ2v) is 2.90. The standard InChI is InChI=1S/C9H14N4O2/c1-3-15-9(14)12-5-7-4-11-6(2)13-8(7)10/h4H,3,5H2,1-2H3,(H,12,14)(H2,10,11,13). The first-order valence-corrected chi connectivity index (χ1v) is 4.62. The average molecular weight is 210 g/mol. The number of nitrogens with one attached hydrogen (secondary N) is 1. The van der Waals surface area contributed by atoms with Crippen molar-refractivity contribution < 1.29 is 9.53 Å². The van der Waals surface area contributed by atoms with Crippen LogP contribution in [-0.2, 0) is 11.3 Å². The first-order chi connectivity index (χ1) is 7.13. The predicted octanol–water partition coefficient (Wildman–Crippen LogP) is 0.613. The summed E-state index contributed by atoms with van der Waals surface area (Å²) in [6.45, 7) is 4.10. The highest BCUT2D eigenvalue weighted by molar-refractivity contribution is 5.67. The smallest absolute Gasteiger partial charge is 0.407 e. The minimum absolute atomic E-state index is 0.269. The van der Waals surface area contributed by atoms with Gasteiger partial charge in [0.15, 0.2) is 0 Å². The fourth-order valence-electron chi connectivity index (χ4n) is 0.998. The van der Waals surface area contributed by atoms with Crippen LogP contribution in [0.3, 0.4) is 0 Å². The van der Waals surface area contributed by atoms with Crippen LogP contribution in [-0.4, -0.2) is 22.7 Å². The highest BCUT2D eigenvalue weighted by atomic mass is 16.5. The Bertz CT molecular complexity index is 354. The molecule has 0 aliphatic rings. The van der Waals surface area contributed by atoms with Crippen molar-refractivity contribution in [3.05, 3.63) is 17.6 Å². The second-order valence-electron chi connectivity index (χ2n) is 2.90. The van der Waals surface area contributed by atoms with Gasteiger partial charge in [0.05, 0.1) is 13.2 Å². The van der Waals surface area contributed by atoms with Crippen LogP contribution in [0.25, 0.3) is 0 Å². The first-order valence-electron chi connectivity index (χ1n) is 4.62. The van der Waals surface area contributed by atoms with Gasteiger partial charge in [0.25, 0.3) is 0 Å². The minimum atomic E-state index is -0.475. The van der Waals surface area contributed by atoms with E-state index >= 15 is 0 Å². The number of nitrogens with zero attached hydrogens (tertiary/aromatic N) is 2. The number of alkyl carbamates (subject to hydrolysis) is 1. The summed E-state index contributed by atoms with van der Waals surface area (Å²) in [5, 5.41) is 2.54. The molecule has 1 rings (SSSR count). The van der Waals surface area contributed by atoms with Gasteiger partial charge in [-0.15, -0.1) is 0 Å². The van der Waals surface area contributed by atoms with Gasteiger partial charge in [-0.3, -0.25) is 0 Å². The van der Waals surface area contributed by atoms with Crippen LogP contribution >= 0.6 is 0 Å². The van der Waals surface area contributed by atoms with Crippen LogP contribution < -0.4 is 11.1 Å². The Morgan fingerprint density at radius 1 is 1.67 bits per heavy atom. The molecule has 1 heterocycles. The maximum Gasteiger partial charge on any atom is 0.407 e. The van der Waals surface area contributed by atoms with Crippen LogP contribution in [0.1, 0.15) is 18.3 Å². The van der Waals surface area contributed by atoms with Crippen LogP contribution in [0.4, 0.5) is 10.6 Å². The number of aryl methyl sites for hydroxylation is 1. The largest absolute Gasteiger partial charge is 0.450 e. The Kier molecular flexibility index (Phi) is 3.84. The number of carbonyl (C=O) groups is 1. The van der Waals surface area contributed by atoms with Crippen LogP contribution in [0.15, 0.2) is 6.20 Å². The van der Waals surface area contributed by atoms with Gasteiger partial charge in [0, 0.05) is 11.8 Å². The summed E-state index contributed by atoms with van der Waals surface area (Å²) >= 11 is 0. The van der Waals surface area contributed by atoms with Gasteiger partial charge >= 0.3 is 6.09 Å². The monoisotopic (exact) mass is 210 g/mol. The SMILES string of the molecule is CCOC(=O)NCc1cnc(C)nc1N. The molecule has 3 N–H and O–H groups in total. The predicted molar refractivity (Wildman–Crippen MR) is 55.0 cm³/mol. The molecule has 0 aromatic carbocycles. The number of ether oxygens (including phenoxy) is 1. The molecule has 1 aromatic rings. The summed E-state index contributed by atoms with van der Waals surface area (Å²) in [4.78, 5) is 18.9. The lowest BCUT2D eigenvalue weighted by molar-refractivity contribution is 0.151. The van der Waals surface area contributed by atoms with E-state index in [4.69, 9.17) is 10.5 Å². The number of nitrogens with two attached hydrogens (primary N) is 1. The molecule has 6 nitrogen and oxygen atoms in total. The lowest BCUT2D eigenvalue weighted by atomic mass is 10.3. The van der Waals surface area contributed by atoms with Crippen molar-refractivity contribution in [1.82, 2.24) is 15.3 Å². The molecule has 0 spiro atoms. The van der Waals surface area contributed by atoms with Gasteiger partial charge in [-0.2, -0.15) is 0 Å². The van der Waals surface area contributed by atoms with Crippen molar-refractivity contribution in [3.8, 4) is 0 Å². The number of carbonyl (C=O) groups excluding carboxylic acids is 1. The number of nitrogen functional groups attached to an aromatic ring is 1. The van der Waals surface area contributed by atoms with Gasteiger partial charge in [0.2, 0.25) is 0 Å². The van der Waals surface area contributed by atoms with Gasteiger partial charge in [-0.1, -0.05) is 0 Å². The minimum Gasteiger partial charge on any atom is -0.450 e. The summed E-state index contributed by atoms with van der Waals surface area (Å²) < 4.78 is 4.70. The lowest BCUT2D eigenvalue weighted by Gasteiger charge is -2.06. The molecular weight excluding hydrogens is 196 g/mol. The number of hydrogen-bond donors (Lipinski definition) is 2. The van der Waals surface area contributed by atoms with E-state index in [1.165, 1.54) is 0 Å². The maximum atomic E-state index is 11.0. The zero-order valence-electron chi connectivity index (χ0n) is 8.78. The van der Waals surface area contributed by atoms with Crippen LogP contribution in [0, 0.1) is 6.92 Å². The molecule has 82 valence electrons. The van der Waals surface area contributed by atoms with E-state index in [9.17, 15) is 4.79 Å². The molecule has 0 aliphatic carbocycles. The Balaban J connectivity index is 2.54. The number of aromatic nitrogens is 2. The normalized spacial score (nSPS) is 9.73. The molecule has 0 atom stereocenters. The summed E-state index contributed by atoms with van der Waals surface area (Å²) in [6.07, 6.45) is 1.11. The Morgan fingerprint density at radius 3 is 3.00 bits per heavy atom. The second kappa shape index (κ2) is 5.14. The molecule has 15 heavy (non-hydrogen) atoms. The maximum absolute atomic E-state index is 11.0. The third kappa shape index (κ3) is 3.41. The molecule has 0 saturated heterocycles. The Hall–Kier alpha value is -1.85. The van der Waals surface area contributed by atoms with Crippen molar-refractivity contribution in [1.29, 1.82) is 0 Å². The molecule has 6 heteroatoms. The van der Waals surface area contributed by atoms with Crippen LogP contribution in [0.2, 0.25) is 0 Å². The number of rotatable bonds is 3. The highest BCUT2D eigenvalue weighted by Crippen LogP contribution is 2.06. The molecule has 0 bridgehead atoms. The average Bonchev–Trinajstić information content (AvgIpc) is 2.17. The Morgan fingerprint density at radius 2 is 2.40 bits per heavy atom. The molecule has 0 unspecified atom stereocenters. The number of amides is 1. The van der Waals surface area contributed by atoms with Gasteiger partial charge < -0.3 is 15.8 Å². The van der Waals surface area contributed by atoms with Crippen LogP contribution in [0.5, 0.6) is 0 Å². The summed E-state index contributed by atoms with van der Waals surface area (Å²) in [7, 11) is 0. The molecule has 1 amide bonds. The van der Waals surface area contributed by atoms with Gasteiger partial charge in [-0.05, 0) is 13.8 Å². The van der Waals surface area contributed by atoms with Crippen molar-refractivity contribution >= 4 is 11.9 Å². The lowest BCUT2D eigenvalue weighted by Crippen LogP contribution is -2.24. The van der Waals surface area contributed by atoms with Crippen molar-refractivity contribution in [3.63, 3.8) is 0 Å². The van der Waals surface area contributed by atoms with E-state index in [0.29, 0.717) is 23.8 Å². The van der Waals surface area contributed by atoms with Gasteiger partial charge in [-0.25, -0.2) is 14.8 Å². The fraction of sp³-hybridized carbons (Fsp3) is 0.444. The number of hydrogen-bond acceptors (Lipinski definition) is 5. The van der Waals surface area contributed by atoms with Crippen molar-refractivity contribution in [2.75, 3.05) is 12.3 Å². The molecule has 0 fully saturated rings. The molecule has 0 radical (unpaired) electrons. The van der Waals surface area contributed by atoms with E-state index < -0.39 is 6.09 Å². The summed E-state index contributed by atoms with van der Waals surface area (Å²) in [5.41, 5.74) is 6.31. The fourth-order valence-corrected chi connectivity index (χ4v) is 0.998. The molecule has 1 aromatic heterocycles. The zero-order chi connectivity index (χ0) is 11.3. The third-order valence-corrected chi connectivity index (χ3v) is 1.72. The van der Waals surface area contributed by atoms with E-state index in [1.807, 2.05) is 0 Å². The summed E-state index contributed by atoms with van der Waals surface area (Å²) in [5.74, 6) is 0.978. The van der Waals surface area contributed by atoms with Crippen molar-refractivity contribution in [2.24, 2.45) is 0 Å². The topological polar surface area (TPSA) is 90.1 Å². The van der Waals surface area contributed by atoms with Crippen molar-refractivity contribution in [2.45, 2.75) is 20.4 Å². The molecule has 0 saturated carbocycles. The summed E-state index contributed by atoms with van der Waals surface area (Å²) in [6, 6.07) is 0. The third-order valence-electron chi connectivity index (χ3n) is 1.72. The highest BCUT2D eigenvalue weighted by Gasteiger charge is 2.04. The van der Waals surface area contributed by atoms with E-state index in [1.54, 1.807) is 20.0 Å². The first kappa shape index (κ1) is 11.2. The number of anilines is 1. The molecular formula is C9H14N4O2. The van der Waals surface area contributed by atoms with E-state index in [2.05, 4.69) is 15.3 Å². The van der Waals surface area contributed by atoms with Gasteiger partial charge in [0.1, 0.15) is 11.6 Å². The molecule has 0 aliphatic heterocycles. The van der Waals surface area contributed by atoms with E-state index in [0.717, 1.165) is 0 Å². The Labute approximate surface area is 87.9 Å².